The summed E-state index contributed by atoms with van der Waals surface area (Å²) in [7, 11) is 5.70. The van der Waals surface area contributed by atoms with E-state index in [0.717, 1.165) is 6.07 Å². The van der Waals surface area contributed by atoms with Gasteiger partial charge >= 0.3 is 5.69 Å². The molecule has 0 aliphatic heterocycles. The Morgan fingerprint density at radius 3 is 1.33 bits per heavy atom. The summed E-state index contributed by atoms with van der Waals surface area (Å²) in [6.45, 7) is 3.17. The molecular weight excluding hydrogens is 923 g/mol. The fourth-order valence-electron chi connectivity index (χ4n) is 11.4. The molecule has 12 atom stereocenters. The van der Waals surface area contributed by atoms with Gasteiger partial charge in [0.15, 0.2) is 22.8 Å². The summed E-state index contributed by atoms with van der Waals surface area (Å²) in [4.78, 5) is 90.5. The summed E-state index contributed by atoms with van der Waals surface area (Å²) in [6, 6.07) is 2.39. The summed E-state index contributed by atoms with van der Waals surface area (Å²) in [5.41, 5.74) is 6.41. The molecule has 2 aromatic carbocycles. The lowest BCUT2D eigenvalue weighted by Gasteiger charge is -2.53. The van der Waals surface area contributed by atoms with E-state index in [-0.39, 0.29) is 32.7 Å². The molecule has 373 valence electrons. The molecule has 2 saturated carbocycles. The second-order valence-electron chi connectivity index (χ2n) is 18.2. The molecule has 6 aliphatic rings. The van der Waals surface area contributed by atoms with E-state index in [1.54, 1.807) is 6.92 Å². The number of nitro benzene ring substituents is 1. The molecule has 0 saturated heterocycles. The molecule has 70 heavy (non-hydrogen) atoms. The first kappa shape index (κ1) is 53.8. The fraction of sp³-hybridized carbons (Fsp3) is 0.422. The minimum absolute atomic E-state index is 0. The van der Waals surface area contributed by atoms with Crippen molar-refractivity contribution < 1.29 is 84.8 Å². The van der Waals surface area contributed by atoms with E-state index in [0.29, 0.717) is 5.56 Å². The van der Waals surface area contributed by atoms with Crippen molar-refractivity contribution in [1.29, 1.82) is 0 Å². The molecule has 2 amide bonds. The van der Waals surface area contributed by atoms with Crippen LogP contribution in [0.15, 0.2) is 58.1 Å². The van der Waals surface area contributed by atoms with Gasteiger partial charge in [-0.1, -0.05) is 33.4 Å². The number of nitro groups is 1. The largest absolute Gasteiger partial charge is 0.508 e. The van der Waals surface area contributed by atoms with Gasteiger partial charge in [0.05, 0.1) is 57.9 Å². The van der Waals surface area contributed by atoms with E-state index >= 15 is 0 Å². The van der Waals surface area contributed by atoms with Gasteiger partial charge in [-0.3, -0.25) is 48.7 Å². The number of ketones is 4. The molecule has 24 nitrogen and oxygen atoms in total. The fourth-order valence-corrected chi connectivity index (χ4v) is 11.4. The number of hydrogen-bond donors (Lipinski definition) is 13. The summed E-state index contributed by atoms with van der Waals surface area (Å²) >= 11 is 0. The molecule has 25 heteroatoms. The molecule has 2 fully saturated rings. The number of likely N-dealkylation sites (N-methyl/N-ethyl adjacent to an activating group) is 2. The number of primary amides is 2. The Morgan fingerprint density at radius 1 is 0.657 bits per heavy atom. The van der Waals surface area contributed by atoms with Crippen LogP contribution >= 0.6 is 0 Å². The van der Waals surface area contributed by atoms with E-state index in [4.69, 9.17) is 17.2 Å². The Kier molecular flexibility index (Phi) is 13.6. The maximum atomic E-state index is 13.7. The number of anilines is 1. The number of amides is 2. The zero-order valence-corrected chi connectivity index (χ0v) is 37.5. The molecular formula is C45H52BN6O18. The van der Waals surface area contributed by atoms with Crippen molar-refractivity contribution in [1.82, 2.24) is 9.80 Å². The molecule has 0 aromatic heterocycles. The minimum atomic E-state index is -3.04. The van der Waals surface area contributed by atoms with Gasteiger partial charge in [-0.2, -0.15) is 0 Å². The Labute approximate surface area is 399 Å². The van der Waals surface area contributed by atoms with E-state index in [2.05, 4.69) is 0 Å². The predicted octanol–water partition coefficient (Wildman–Crippen LogP) is -1.26. The number of Topliss-reactive ketones (excluding diaryl/α,β-unsaturated/α-hetero) is 4. The van der Waals surface area contributed by atoms with Crippen LogP contribution in [0.3, 0.4) is 0 Å². The van der Waals surface area contributed by atoms with E-state index in [1.165, 1.54) is 63.1 Å². The Hall–Kier alpha value is -7.16. The normalized spacial score (nSPS) is 32.1. The van der Waals surface area contributed by atoms with Gasteiger partial charge < -0.3 is 68.3 Å². The number of phenolic OH excluding ortho intramolecular Hbond substituents is 2. The van der Waals surface area contributed by atoms with Gasteiger partial charge in [-0.05, 0) is 57.2 Å². The average Bonchev–Trinajstić information content (AvgIpc) is 3.24. The lowest BCUT2D eigenvalue weighted by Crippen LogP contribution is -2.70. The molecule has 4 unspecified atom stereocenters. The highest BCUT2D eigenvalue weighted by atomic mass is 16.6. The Bertz CT molecular complexity index is 2860. The second-order valence-corrected chi connectivity index (χ2v) is 18.2. The Balaban J connectivity index is 0.000000254. The van der Waals surface area contributed by atoms with Crippen LogP contribution in [-0.2, 0) is 28.8 Å². The monoisotopic (exact) mass is 975 g/mol. The van der Waals surface area contributed by atoms with Crippen LogP contribution in [0.1, 0.15) is 55.4 Å². The highest BCUT2D eigenvalue weighted by Gasteiger charge is 2.70. The predicted molar refractivity (Wildman–Crippen MR) is 244 cm³/mol. The van der Waals surface area contributed by atoms with Gasteiger partial charge in [-0.25, -0.2) is 0 Å². The molecule has 8 rings (SSSR count). The van der Waals surface area contributed by atoms with Crippen LogP contribution in [0.2, 0.25) is 0 Å². The van der Waals surface area contributed by atoms with Gasteiger partial charge in [0.25, 0.3) is 11.8 Å². The number of aliphatic hydroxyl groups excluding tert-OH is 6. The number of nitrogens with zero attached hydrogens (tertiary/aromatic N) is 3. The van der Waals surface area contributed by atoms with Crippen molar-refractivity contribution >= 4 is 66.3 Å². The van der Waals surface area contributed by atoms with Crippen LogP contribution in [0.5, 0.6) is 11.5 Å². The first-order valence-corrected chi connectivity index (χ1v) is 20.7. The highest BCUT2D eigenvalue weighted by Crippen LogP contribution is 2.58. The molecule has 0 heterocycles. The van der Waals surface area contributed by atoms with Gasteiger partial charge in [0.2, 0.25) is 17.3 Å². The van der Waals surface area contributed by atoms with E-state index in [1.807, 2.05) is 0 Å². The lowest BCUT2D eigenvalue weighted by molar-refractivity contribution is -0.385. The quantitative estimate of drug-likeness (QED) is 0.0415. The third kappa shape index (κ3) is 6.81. The molecule has 6 aliphatic carbocycles. The topological polar surface area (TPSA) is 432 Å². The zero-order chi connectivity index (χ0) is 51.0. The highest BCUT2D eigenvalue weighted by molar-refractivity contribution is 6.26. The van der Waals surface area contributed by atoms with Crippen molar-refractivity contribution in [2.45, 2.75) is 68.6 Å². The number of nitrogen functional groups attached to an aromatic ring is 1. The van der Waals surface area contributed by atoms with E-state index < -0.39 is 179 Å². The van der Waals surface area contributed by atoms with Crippen LogP contribution < -0.4 is 17.2 Å². The molecule has 0 spiro atoms. The SMILES string of the molecule is C.C[C@H]1c2ccc(N)c(O)c2C(O)=C2C(=O)[C@]3(O)C(O)=C(C(N)=O)C(=O)[C@@H](N(C)C)C3[C@@H](O)C21.C[C@H]1c2ccc([N+](=O)[O-])c(O)c2C(O)=C2C(=O)[C@]3(O)C(O)=C(C(N)=O)C(=O)[C@@H](N(C)C)C3[C@@H](O)C21.[B]. The minimum Gasteiger partial charge on any atom is -0.508 e. The number of nitrogens with two attached hydrogens (primary N) is 3. The number of rotatable bonds is 5. The summed E-state index contributed by atoms with van der Waals surface area (Å²) in [6.07, 6.45) is -3.36. The number of carbonyl (C=O) groups excluding carboxylic acids is 6. The maximum Gasteiger partial charge on any atom is 0.311 e. The van der Waals surface area contributed by atoms with Gasteiger partial charge in [0, 0.05) is 37.5 Å². The lowest BCUT2D eigenvalue weighted by atomic mass is 9.54. The molecule has 3 radical (unpaired) electrons. The van der Waals surface area contributed by atoms with Gasteiger partial charge in [-0.15, -0.1) is 0 Å². The van der Waals surface area contributed by atoms with Crippen molar-refractivity contribution in [3.63, 3.8) is 0 Å². The Morgan fingerprint density at radius 2 is 1.00 bits per heavy atom. The van der Waals surface area contributed by atoms with Crippen LogP contribution in [0.4, 0.5) is 11.4 Å². The smallest absolute Gasteiger partial charge is 0.311 e. The first-order chi connectivity index (χ1) is 31.5. The third-order valence-corrected chi connectivity index (χ3v) is 14.5. The molecule has 2 aromatic rings. The van der Waals surface area contributed by atoms with Crippen molar-refractivity contribution in [2.75, 3.05) is 33.9 Å². The van der Waals surface area contributed by atoms with E-state index in [9.17, 15) is 89.9 Å². The number of aliphatic hydroxyl groups is 8. The summed E-state index contributed by atoms with van der Waals surface area (Å²) in [5.74, 6) is -20.1. The van der Waals surface area contributed by atoms with Crippen LogP contribution in [-0.4, -0.2) is 173 Å². The number of benzene rings is 2. The summed E-state index contributed by atoms with van der Waals surface area (Å²) < 4.78 is 0. The number of hydrogen-bond acceptors (Lipinski definition) is 21. The van der Waals surface area contributed by atoms with Crippen molar-refractivity contribution in [3.8, 4) is 11.5 Å². The zero-order valence-electron chi connectivity index (χ0n) is 37.5. The van der Waals surface area contributed by atoms with Crippen LogP contribution in [0, 0.1) is 33.8 Å². The second kappa shape index (κ2) is 17.7. The number of aromatic hydroxyl groups is 2. The first-order valence-electron chi connectivity index (χ1n) is 20.7. The summed E-state index contributed by atoms with van der Waals surface area (Å²) in [5, 5.41) is 122. The maximum absolute atomic E-state index is 13.7. The third-order valence-electron chi connectivity index (χ3n) is 14.5. The van der Waals surface area contributed by atoms with Gasteiger partial charge in [0.1, 0.15) is 39.9 Å². The average molecular weight is 976 g/mol. The van der Waals surface area contributed by atoms with Crippen LogP contribution in [0.25, 0.3) is 11.5 Å². The number of phenols is 2. The number of fused-ring (bicyclic) bond motifs is 6. The molecule has 0 bridgehead atoms. The standard InChI is InChI=1S/C22H23N3O10.C22H25N3O8.CH4.B/c1-6-7-4-5-8(25(34)35)15(26)10(7)16(27)11-9(6)17(28)13-14(24(2)3)18(29)12(21(23)32)20(31)22(13,33)19(11)30;1-6-7-4-5-8(23)15(26)10(7)16(27)11-9(6)17(28)13-14(25(2)3)18(29)12(21(24)32)20(31)22(13,33)19(11)30;;/h4-6,9,13-14,17,26-28,31,33H,1-3H3,(H2,23,32);4-6,9,13-14,17,26-28,31,33H,23H2,1-3H3,(H2,24,32);1H4;/t2*6-,9?,13?,14-,17-,22-;;/m00../s1. The molecule has 16 N–H and O–H groups in total. The van der Waals surface area contributed by atoms with Crippen molar-refractivity contribution in [3.05, 3.63) is 90.4 Å². The van der Waals surface area contributed by atoms with Crippen molar-refractivity contribution in [2.24, 2.45) is 35.1 Å². The number of carbonyl (C=O) groups is 6.